The number of carbonyl (C=O) groups excluding carboxylic acids is 1. The summed E-state index contributed by atoms with van der Waals surface area (Å²) in [7, 11) is 0. The smallest absolute Gasteiger partial charge is 0.278 e. The normalized spacial score (nSPS) is 14.8. The van der Waals surface area contributed by atoms with Crippen molar-refractivity contribution in [1.29, 1.82) is 0 Å². The van der Waals surface area contributed by atoms with E-state index >= 15 is 0 Å². The van der Waals surface area contributed by atoms with Crippen LogP contribution in [0.5, 0.6) is 0 Å². The number of amides is 1. The molecule has 0 saturated heterocycles. The van der Waals surface area contributed by atoms with E-state index in [1.807, 2.05) is 62.7 Å². The molecule has 0 bridgehead atoms. The minimum absolute atomic E-state index is 0.0293. The summed E-state index contributed by atoms with van der Waals surface area (Å²) < 4.78 is 3.54. The summed E-state index contributed by atoms with van der Waals surface area (Å²) in [5.41, 5.74) is 3.81. The van der Waals surface area contributed by atoms with Crippen LogP contribution in [0.2, 0.25) is 0 Å². The van der Waals surface area contributed by atoms with Crippen LogP contribution in [0.4, 0.5) is 17.3 Å². The number of nitrogens with one attached hydrogen (secondary N) is 2. The van der Waals surface area contributed by atoms with Gasteiger partial charge in [0, 0.05) is 40.9 Å². The number of carbonyl (C=O) groups is 1. The van der Waals surface area contributed by atoms with Crippen molar-refractivity contribution in [2.24, 2.45) is 0 Å². The summed E-state index contributed by atoms with van der Waals surface area (Å²) in [5.74, 6) is 0.323. The van der Waals surface area contributed by atoms with E-state index in [-0.39, 0.29) is 22.9 Å². The van der Waals surface area contributed by atoms with Gasteiger partial charge in [0.1, 0.15) is 5.39 Å². The first kappa shape index (κ1) is 23.7. The van der Waals surface area contributed by atoms with Gasteiger partial charge >= 0.3 is 0 Å². The fourth-order valence-electron chi connectivity index (χ4n) is 4.54. The van der Waals surface area contributed by atoms with Crippen LogP contribution in [0.1, 0.15) is 65.8 Å². The molecule has 1 amide bonds. The maximum absolute atomic E-state index is 13.3. The Morgan fingerprint density at radius 1 is 1.06 bits per heavy atom. The fraction of sp³-hybridized carbons (Fsp3) is 0.370. The number of aromatic nitrogens is 5. The van der Waals surface area contributed by atoms with E-state index in [4.69, 9.17) is 4.98 Å². The molecule has 0 atom stereocenters. The molecule has 0 aliphatic carbocycles. The lowest BCUT2D eigenvalue weighted by Crippen LogP contribution is -2.26. The molecule has 1 aliphatic heterocycles. The van der Waals surface area contributed by atoms with Gasteiger partial charge < -0.3 is 10.6 Å². The monoisotopic (exact) mass is 485 g/mol. The molecule has 0 radical (unpaired) electrons. The van der Waals surface area contributed by atoms with Crippen LogP contribution in [0, 0.1) is 0 Å². The van der Waals surface area contributed by atoms with Gasteiger partial charge in [0.25, 0.3) is 5.56 Å². The molecule has 9 heteroatoms. The molecule has 1 aromatic carbocycles. The second-order valence-electron chi connectivity index (χ2n) is 11.1. The predicted molar refractivity (Wildman–Crippen MR) is 141 cm³/mol. The van der Waals surface area contributed by atoms with Crippen molar-refractivity contribution in [2.45, 2.75) is 65.3 Å². The van der Waals surface area contributed by atoms with E-state index in [0.717, 1.165) is 28.3 Å². The molecule has 0 unspecified atom stereocenters. The van der Waals surface area contributed by atoms with Crippen LogP contribution in [0.25, 0.3) is 16.7 Å². The average molecular weight is 486 g/mol. The van der Waals surface area contributed by atoms with Crippen LogP contribution in [0.15, 0.2) is 47.5 Å². The van der Waals surface area contributed by atoms with Crippen molar-refractivity contribution in [2.75, 3.05) is 10.6 Å². The third kappa shape index (κ3) is 3.75. The van der Waals surface area contributed by atoms with Gasteiger partial charge in [0.05, 0.1) is 11.1 Å². The Hall–Kier alpha value is -4.01. The highest BCUT2D eigenvalue weighted by molar-refractivity contribution is 6.06. The minimum Gasteiger partial charge on any atom is -0.325 e. The molecule has 4 heterocycles. The molecule has 36 heavy (non-hydrogen) atoms. The number of benzene rings is 1. The first-order valence-electron chi connectivity index (χ1n) is 12.1. The maximum Gasteiger partial charge on any atom is 0.278 e. The summed E-state index contributed by atoms with van der Waals surface area (Å²) in [6.45, 7) is 14.1. The molecule has 4 aromatic rings. The third-order valence-electron chi connectivity index (χ3n) is 6.63. The van der Waals surface area contributed by atoms with E-state index in [9.17, 15) is 9.59 Å². The number of anilines is 3. The van der Waals surface area contributed by atoms with E-state index < -0.39 is 5.41 Å². The molecule has 2 N–H and O–H groups in total. The predicted octanol–water partition coefficient (Wildman–Crippen LogP) is 4.83. The van der Waals surface area contributed by atoms with Crippen LogP contribution in [0.3, 0.4) is 0 Å². The lowest BCUT2D eigenvalue weighted by Gasteiger charge is -2.20. The summed E-state index contributed by atoms with van der Waals surface area (Å²) in [5, 5.41) is 6.61. The first-order valence-corrected chi connectivity index (χ1v) is 12.1. The molecular weight excluding hydrogens is 454 g/mol. The lowest BCUT2D eigenvalue weighted by molar-refractivity contribution is -0.119. The largest absolute Gasteiger partial charge is 0.325 e. The second-order valence-corrected chi connectivity index (χ2v) is 11.1. The van der Waals surface area contributed by atoms with Crippen molar-refractivity contribution in [3.63, 3.8) is 0 Å². The first-order chi connectivity index (χ1) is 16.9. The van der Waals surface area contributed by atoms with Crippen molar-refractivity contribution in [3.8, 4) is 5.69 Å². The highest BCUT2D eigenvalue weighted by Crippen LogP contribution is 2.39. The Kier molecular flexibility index (Phi) is 5.28. The number of pyridine rings is 1. The molecule has 9 nitrogen and oxygen atoms in total. The van der Waals surface area contributed by atoms with Crippen molar-refractivity contribution < 1.29 is 4.79 Å². The Morgan fingerprint density at radius 3 is 2.50 bits per heavy atom. The van der Waals surface area contributed by atoms with Crippen LogP contribution >= 0.6 is 0 Å². The Bertz CT molecular complexity index is 1570. The van der Waals surface area contributed by atoms with E-state index in [0.29, 0.717) is 17.0 Å². The Balaban J connectivity index is 1.62. The van der Waals surface area contributed by atoms with Gasteiger partial charge in [0.2, 0.25) is 11.9 Å². The van der Waals surface area contributed by atoms with Crippen molar-refractivity contribution >= 4 is 34.3 Å². The fourth-order valence-corrected chi connectivity index (χ4v) is 4.54. The number of rotatable bonds is 4. The van der Waals surface area contributed by atoms with Gasteiger partial charge in [-0.25, -0.2) is 14.3 Å². The van der Waals surface area contributed by atoms with Crippen LogP contribution in [-0.4, -0.2) is 30.2 Å². The number of hydrogen-bond donors (Lipinski definition) is 2. The maximum atomic E-state index is 13.3. The van der Waals surface area contributed by atoms with Crippen LogP contribution in [-0.2, 0) is 15.6 Å². The molecule has 0 saturated carbocycles. The number of nitrogens with zero attached hydrogens (tertiary/aromatic N) is 5. The van der Waals surface area contributed by atoms with E-state index in [1.54, 1.807) is 17.1 Å². The zero-order chi connectivity index (χ0) is 26.0. The van der Waals surface area contributed by atoms with Crippen molar-refractivity contribution in [1.82, 2.24) is 24.3 Å². The number of fused-ring (bicyclic) bond motifs is 2. The molecular formula is C27H31N7O2. The molecule has 186 valence electrons. The minimum atomic E-state index is -0.574. The molecule has 3 aromatic heterocycles. The SMILES string of the molecule is CC(C)n1c(=O)c2cnc(Nc3ccc4c(c3)NC(=O)C4(C)C)nc2n1-c1ccnc(C(C)(C)C)c1. The summed E-state index contributed by atoms with van der Waals surface area (Å²) in [6.07, 6.45) is 3.32. The third-order valence-corrected chi connectivity index (χ3v) is 6.63. The van der Waals surface area contributed by atoms with Gasteiger partial charge in [-0.2, -0.15) is 4.98 Å². The Morgan fingerprint density at radius 2 is 1.81 bits per heavy atom. The standard InChI is InChI=1S/C27H31N7O2/c1-15(2)33-23(35)18-14-29-25(30-16-8-9-19-20(12-16)31-24(36)27(19,6)7)32-22(18)34(33)17-10-11-28-21(13-17)26(3,4)5/h8-15H,1-7H3,(H,31,36)(H,29,30,32). The van der Waals surface area contributed by atoms with Gasteiger partial charge in [-0.3, -0.25) is 14.6 Å². The summed E-state index contributed by atoms with van der Waals surface area (Å²) >= 11 is 0. The van der Waals surface area contributed by atoms with Gasteiger partial charge in [-0.05, 0) is 57.5 Å². The van der Waals surface area contributed by atoms with Crippen molar-refractivity contribution in [3.05, 3.63) is 64.3 Å². The quantitative estimate of drug-likeness (QED) is 0.429. The highest BCUT2D eigenvalue weighted by Gasteiger charge is 2.38. The molecule has 0 spiro atoms. The highest BCUT2D eigenvalue weighted by atomic mass is 16.2. The molecule has 5 rings (SSSR count). The van der Waals surface area contributed by atoms with Crippen LogP contribution < -0.4 is 16.2 Å². The molecule has 0 fully saturated rings. The topological polar surface area (TPSA) is 107 Å². The van der Waals surface area contributed by atoms with Gasteiger partial charge in [0.15, 0.2) is 5.65 Å². The Labute approximate surface area is 209 Å². The van der Waals surface area contributed by atoms with Gasteiger partial charge in [-0.1, -0.05) is 26.8 Å². The summed E-state index contributed by atoms with van der Waals surface area (Å²) in [4.78, 5) is 39.3. The second kappa shape index (κ2) is 8.01. The zero-order valence-corrected chi connectivity index (χ0v) is 21.7. The number of hydrogen-bond acceptors (Lipinski definition) is 6. The average Bonchev–Trinajstić information content (AvgIpc) is 3.22. The lowest BCUT2D eigenvalue weighted by atomic mass is 9.86. The zero-order valence-electron chi connectivity index (χ0n) is 21.7. The summed E-state index contributed by atoms with van der Waals surface area (Å²) in [6, 6.07) is 9.49. The van der Waals surface area contributed by atoms with E-state index in [2.05, 4.69) is 41.4 Å². The van der Waals surface area contributed by atoms with E-state index in [1.165, 1.54) is 0 Å². The molecule has 1 aliphatic rings. The van der Waals surface area contributed by atoms with Gasteiger partial charge in [-0.15, -0.1) is 0 Å².